The Kier molecular flexibility index (Phi) is 8.55. The first-order valence-corrected chi connectivity index (χ1v) is 11.5. The number of thioether (sulfide) groups is 1. The predicted octanol–water partition coefficient (Wildman–Crippen LogP) is 5.69. The van der Waals surface area contributed by atoms with Gasteiger partial charge in [-0.25, -0.2) is 4.99 Å². The van der Waals surface area contributed by atoms with Crippen molar-refractivity contribution in [3.63, 3.8) is 0 Å². The Hall–Kier alpha value is -2.05. The van der Waals surface area contributed by atoms with Crippen LogP contribution in [0.3, 0.4) is 0 Å². The smallest absolute Gasteiger partial charge is 0.191 e. The fraction of sp³-hybridized carbons (Fsp3) is 0.458. The quantitative estimate of drug-likeness (QED) is 0.212. The predicted molar refractivity (Wildman–Crippen MR) is 133 cm³/mol. The number of phenolic OH excluding ortho intramolecular Hbond substituents is 1. The van der Waals surface area contributed by atoms with Crippen LogP contribution < -0.4 is 16.2 Å². The molecule has 0 aliphatic carbocycles. The van der Waals surface area contributed by atoms with Gasteiger partial charge >= 0.3 is 0 Å². The number of benzene rings is 2. The molecule has 2 aromatic rings. The number of aliphatic imine (C=N–C) groups is 1. The minimum Gasteiger partial charge on any atom is -0.507 e. The molecular weight excluding hydrogens is 430 g/mol. The number of hydrogen-bond donors (Lipinski definition) is 3. The zero-order valence-corrected chi connectivity index (χ0v) is 20.5. The first kappa shape index (κ1) is 25.2. The number of guanidine groups is 1. The van der Waals surface area contributed by atoms with Gasteiger partial charge in [-0.05, 0) is 107 Å². The number of halogens is 1. The van der Waals surface area contributed by atoms with Crippen LogP contribution >= 0.6 is 24.2 Å². The van der Waals surface area contributed by atoms with Crippen molar-refractivity contribution in [2.45, 2.75) is 70.3 Å². The highest BCUT2D eigenvalue weighted by Crippen LogP contribution is 2.44. The highest BCUT2D eigenvalue weighted by atomic mass is 35.5. The molecule has 0 radical (unpaired) electrons. The number of hydrogen-bond acceptors (Lipinski definition) is 4. The highest BCUT2D eigenvalue weighted by molar-refractivity contribution is 7.99. The van der Waals surface area contributed by atoms with Crippen molar-refractivity contribution in [1.82, 2.24) is 0 Å². The summed E-state index contributed by atoms with van der Waals surface area (Å²) >= 11 is 1.85. The maximum Gasteiger partial charge on any atom is 0.191 e. The Morgan fingerprint density at radius 1 is 1.10 bits per heavy atom. The summed E-state index contributed by atoms with van der Waals surface area (Å²) in [6, 6.07) is 7.97. The van der Waals surface area contributed by atoms with Crippen LogP contribution in [0.5, 0.6) is 11.5 Å². The molecule has 0 saturated carbocycles. The number of phenols is 1. The molecule has 0 amide bonds. The molecule has 1 atom stereocenters. The van der Waals surface area contributed by atoms with Gasteiger partial charge in [0.2, 0.25) is 0 Å². The Balaban J connectivity index is 0.00000341. The molecule has 0 spiro atoms. The normalized spacial score (nSPS) is 17.3. The largest absolute Gasteiger partial charge is 0.507 e. The summed E-state index contributed by atoms with van der Waals surface area (Å²) in [7, 11) is 0. The van der Waals surface area contributed by atoms with Crippen molar-refractivity contribution in [3.05, 3.63) is 46.5 Å². The summed E-state index contributed by atoms with van der Waals surface area (Å²) in [5.41, 5.74) is 15.6. The van der Waals surface area contributed by atoms with E-state index in [0.29, 0.717) is 5.75 Å². The molecule has 3 rings (SSSR count). The molecule has 5 nitrogen and oxygen atoms in total. The van der Waals surface area contributed by atoms with Crippen LogP contribution in [0.4, 0.5) is 5.69 Å². The second-order valence-corrected chi connectivity index (χ2v) is 9.59. The second-order valence-electron chi connectivity index (χ2n) is 8.42. The first-order chi connectivity index (χ1) is 14.2. The van der Waals surface area contributed by atoms with Gasteiger partial charge in [0.25, 0.3) is 0 Å². The van der Waals surface area contributed by atoms with Crippen molar-refractivity contribution < 1.29 is 9.84 Å². The van der Waals surface area contributed by atoms with Gasteiger partial charge in [0.1, 0.15) is 17.1 Å². The lowest BCUT2D eigenvalue weighted by molar-refractivity contribution is 0.0528. The Bertz CT molecular complexity index is 943. The third-order valence-corrected chi connectivity index (χ3v) is 7.15. The molecule has 2 aromatic carbocycles. The third kappa shape index (κ3) is 6.01. The van der Waals surface area contributed by atoms with Gasteiger partial charge in [0.15, 0.2) is 5.96 Å². The van der Waals surface area contributed by atoms with E-state index in [1.54, 1.807) is 0 Å². The maximum absolute atomic E-state index is 10.3. The summed E-state index contributed by atoms with van der Waals surface area (Å²) in [6.07, 6.45) is 5.25. The van der Waals surface area contributed by atoms with E-state index in [9.17, 15) is 5.11 Å². The van der Waals surface area contributed by atoms with Crippen LogP contribution in [0.25, 0.3) is 0 Å². The third-order valence-electron chi connectivity index (χ3n) is 6.06. The fourth-order valence-corrected chi connectivity index (χ4v) is 4.94. The lowest BCUT2D eigenvalue weighted by Crippen LogP contribution is -2.37. The minimum absolute atomic E-state index is 0. The Labute approximate surface area is 196 Å². The minimum atomic E-state index is -0.139. The number of fused-ring (bicyclic) bond motifs is 1. The van der Waals surface area contributed by atoms with E-state index in [1.165, 1.54) is 10.5 Å². The van der Waals surface area contributed by atoms with E-state index in [4.69, 9.17) is 16.2 Å². The van der Waals surface area contributed by atoms with Gasteiger partial charge in [0, 0.05) is 10.5 Å². The van der Waals surface area contributed by atoms with Crippen molar-refractivity contribution in [2.75, 3.05) is 5.75 Å². The standard InChI is InChI=1S/C24H33N3O2S.ClH/c1-15-16(2)22-20(17(3)21(15)28)11-13-24(4,29-22)12-5-6-14-30-19-9-7-18(8-10-19)27-23(25)26;/h7-10,28H,5-6,11-14H2,1-4H3,(H4,25,26,27);1H. The zero-order valence-electron chi connectivity index (χ0n) is 18.8. The fourth-order valence-electron chi connectivity index (χ4n) is 4.03. The number of nitrogens with zero attached hydrogens (tertiary/aromatic N) is 1. The average Bonchev–Trinajstić information content (AvgIpc) is 2.71. The summed E-state index contributed by atoms with van der Waals surface area (Å²) in [6.45, 7) is 8.23. The van der Waals surface area contributed by atoms with E-state index < -0.39 is 0 Å². The van der Waals surface area contributed by atoms with Crippen molar-refractivity contribution in [1.29, 1.82) is 0 Å². The maximum atomic E-state index is 10.3. The molecular formula is C24H34ClN3O2S. The molecule has 31 heavy (non-hydrogen) atoms. The zero-order chi connectivity index (χ0) is 21.9. The number of rotatable bonds is 7. The lowest BCUT2D eigenvalue weighted by atomic mass is 9.85. The lowest BCUT2D eigenvalue weighted by Gasteiger charge is -2.38. The van der Waals surface area contributed by atoms with Crippen molar-refractivity contribution >= 4 is 35.8 Å². The molecule has 5 N–H and O–H groups in total. The Morgan fingerprint density at radius 2 is 1.77 bits per heavy atom. The molecule has 0 bridgehead atoms. The molecule has 1 aliphatic heterocycles. The first-order valence-electron chi connectivity index (χ1n) is 10.5. The summed E-state index contributed by atoms with van der Waals surface area (Å²) in [5, 5.41) is 10.3. The van der Waals surface area contributed by atoms with Gasteiger partial charge < -0.3 is 21.3 Å². The molecule has 0 fully saturated rings. The van der Waals surface area contributed by atoms with E-state index in [-0.39, 0.29) is 24.0 Å². The van der Waals surface area contributed by atoms with Crippen molar-refractivity contribution in [3.8, 4) is 11.5 Å². The van der Waals surface area contributed by atoms with Gasteiger partial charge in [-0.15, -0.1) is 24.2 Å². The number of nitrogens with two attached hydrogens (primary N) is 2. The molecule has 170 valence electrons. The number of ether oxygens (including phenoxy) is 1. The topological polar surface area (TPSA) is 93.9 Å². The number of aromatic hydroxyl groups is 1. The van der Waals surface area contributed by atoms with E-state index in [1.807, 2.05) is 44.7 Å². The highest BCUT2D eigenvalue weighted by Gasteiger charge is 2.34. The summed E-state index contributed by atoms with van der Waals surface area (Å²) < 4.78 is 6.53. The summed E-state index contributed by atoms with van der Waals surface area (Å²) in [4.78, 5) is 5.26. The van der Waals surface area contributed by atoms with Crippen LogP contribution in [-0.4, -0.2) is 22.4 Å². The second kappa shape index (κ2) is 10.5. The molecule has 7 heteroatoms. The molecule has 1 heterocycles. The van der Waals surface area contributed by atoms with Crippen molar-refractivity contribution in [2.24, 2.45) is 16.5 Å². The van der Waals surface area contributed by atoms with Crippen LogP contribution in [-0.2, 0) is 6.42 Å². The van der Waals surface area contributed by atoms with E-state index in [0.717, 1.165) is 66.0 Å². The van der Waals surface area contributed by atoms with Gasteiger partial charge in [0.05, 0.1) is 5.69 Å². The monoisotopic (exact) mass is 463 g/mol. The SMILES string of the molecule is Cc1c(C)c2c(c(C)c1O)CCC(C)(CCCCSc1ccc(N=C(N)N)cc1)O2.Cl. The van der Waals surface area contributed by atoms with Gasteiger partial charge in [-0.3, -0.25) is 0 Å². The van der Waals surface area contributed by atoms with E-state index in [2.05, 4.69) is 24.0 Å². The van der Waals surface area contributed by atoms with Crippen LogP contribution in [0.2, 0.25) is 0 Å². The van der Waals surface area contributed by atoms with Gasteiger partial charge in [-0.1, -0.05) is 0 Å². The van der Waals surface area contributed by atoms with Crippen LogP contribution in [0.15, 0.2) is 34.2 Å². The van der Waals surface area contributed by atoms with Gasteiger partial charge in [-0.2, -0.15) is 0 Å². The van der Waals surface area contributed by atoms with Crippen LogP contribution in [0, 0.1) is 20.8 Å². The van der Waals surface area contributed by atoms with Crippen LogP contribution in [0.1, 0.15) is 54.9 Å². The average molecular weight is 464 g/mol. The molecule has 1 aliphatic rings. The molecule has 0 saturated heterocycles. The molecule has 0 aromatic heterocycles. The Morgan fingerprint density at radius 3 is 2.42 bits per heavy atom. The number of unbranched alkanes of at least 4 members (excludes halogenated alkanes) is 1. The summed E-state index contributed by atoms with van der Waals surface area (Å²) in [5.74, 6) is 2.56. The van der Waals surface area contributed by atoms with E-state index >= 15 is 0 Å². The molecule has 1 unspecified atom stereocenters.